The fourth-order valence-corrected chi connectivity index (χ4v) is 8.23. The number of carbonyl (C=O) groups excluding carboxylic acids is 4. The van der Waals surface area contributed by atoms with E-state index in [9.17, 15) is 19.2 Å². The number of likely N-dealkylation sites (tertiary alicyclic amines) is 1. The first-order valence-electron chi connectivity index (χ1n) is 18.5. The second-order valence-electron chi connectivity index (χ2n) is 14.4. The summed E-state index contributed by atoms with van der Waals surface area (Å²) in [5, 5.41) is 11.2. The van der Waals surface area contributed by atoms with Crippen molar-refractivity contribution < 1.29 is 19.2 Å². The lowest BCUT2D eigenvalue weighted by Gasteiger charge is -2.43. The summed E-state index contributed by atoms with van der Waals surface area (Å²) in [5.41, 5.74) is 5.80. The fourth-order valence-electron chi connectivity index (χ4n) is 8.23. The molecule has 2 aromatic heterocycles. The Kier molecular flexibility index (Phi) is 9.59. The average molecular weight is 704 g/mol. The zero-order valence-corrected chi connectivity index (χ0v) is 29.4. The number of aromatic amines is 1. The van der Waals surface area contributed by atoms with Gasteiger partial charge < -0.3 is 19.7 Å². The summed E-state index contributed by atoms with van der Waals surface area (Å²) in [6, 6.07) is 16.9. The largest absolute Gasteiger partial charge is 0.369 e. The Labute approximate surface area is 302 Å². The molecule has 2 aromatic carbocycles. The molecule has 52 heavy (non-hydrogen) atoms. The number of benzene rings is 2. The summed E-state index contributed by atoms with van der Waals surface area (Å²) in [6.07, 6.45) is 9.62. The van der Waals surface area contributed by atoms with E-state index in [1.807, 2.05) is 28.0 Å². The van der Waals surface area contributed by atoms with Gasteiger partial charge in [0.2, 0.25) is 17.7 Å². The van der Waals surface area contributed by atoms with Crippen molar-refractivity contribution in [1.82, 2.24) is 40.0 Å². The van der Waals surface area contributed by atoms with Crippen LogP contribution in [0.5, 0.6) is 0 Å². The normalized spacial score (nSPS) is 20.7. The van der Waals surface area contributed by atoms with E-state index in [4.69, 9.17) is 0 Å². The predicted molar refractivity (Wildman–Crippen MR) is 196 cm³/mol. The third-order valence-corrected chi connectivity index (χ3v) is 11.2. The average Bonchev–Trinajstić information content (AvgIpc) is 3.87. The quantitative estimate of drug-likeness (QED) is 0.267. The summed E-state index contributed by atoms with van der Waals surface area (Å²) in [4.78, 5) is 62.9. The van der Waals surface area contributed by atoms with Crippen LogP contribution < -0.4 is 10.2 Å². The molecule has 4 amide bonds. The maximum absolute atomic E-state index is 13.6. The zero-order valence-electron chi connectivity index (χ0n) is 29.4. The molecule has 4 aliphatic heterocycles. The molecule has 0 aliphatic carbocycles. The van der Waals surface area contributed by atoms with Gasteiger partial charge in [-0.3, -0.25) is 34.1 Å². The molecule has 0 bridgehead atoms. The number of imide groups is 1. The van der Waals surface area contributed by atoms with Crippen LogP contribution in [-0.4, -0.2) is 117 Å². The molecule has 6 heterocycles. The first-order valence-corrected chi connectivity index (χ1v) is 18.5. The molecular weight excluding hydrogens is 658 g/mol. The molecule has 13 nitrogen and oxygen atoms in total. The minimum Gasteiger partial charge on any atom is -0.369 e. The Balaban J connectivity index is 0.828. The van der Waals surface area contributed by atoms with Crippen LogP contribution in [0.25, 0.3) is 16.5 Å². The lowest BCUT2D eigenvalue weighted by Crippen LogP contribution is -2.53. The highest BCUT2D eigenvalue weighted by molar-refractivity contribution is 6.01. The van der Waals surface area contributed by atoms with Crippen molar-refractivity contribution in [2.45, 2.75) is 57.0 Å². The second kappa shape index (κ2) is 14.7. The van der Waals surface area contributed by atoms with Crippen molar-refractivity contribution in [3.63, 3.8) is 0 Å². The van der Waals surface area contributed by atoms with Gasteiger partial charge in [0.05, 0.1) is 18.7 Å². The van der Waals surface area contributed by atoms with Gasteiger partial charge in [0, 0.05) is 94.0 Å². The number of nitrogens with zero attached hydrogens (tertiary/aromatic N) is 7. The molecule has 4 aromatic rings. The van der Waals surface area contributed by atoms with Gasteiger partial charge in [-0.05, 0) is 66.6 Å². The topological polar surface area (TPSA) is 140 Å². The lowest BCUT2D eigenvalue weighted by molar-refractivity contribution is -0.134. The van der Waals surface area contributed by atoms with Gasteiger partial charge in [-0.1, -0.05) is 35.6 Å². The molecule has 4 aliphatic rings. The van der Waals surface area contributed by atoms with E-state index in [2.05, 4.69) is 66.8 Å². The minimum atomic E-state index is -0.277. The smallest absolute Gasteiger partial charge is 0.270 e. The van der Waals surface area contributed by atoms with E-state index >= 15 is 0 Å². The minimum absolute atomic E-state index is 0.0398. The van der Waals surface area contributed by atoms with Gasteiger partial charge in [0.1, 0.15) is 5.69 Å². The van der Waals surface area contributed by atoms with Crippen molar-refractivity contribution in [2.75, 3.05) is 57.3 Å². The molecule has 1 unspecified atom stereocenters. The van der Waals surface area contributed by atoms with Crippen molar-refractivity contribution >= 4 is 45.8 Å². The molecule has 3 saturated heterocycles. The van der Waals surface area contributed by atoms with E-state index in [0.717, 1.165) is 91.8 Å². The molecule has 13 heteroatoms. The van der Waals surface area contributed by atoms with E-state index in [1.165, 1.54) is 0 Å². The summed E-state index contributed by atoms with van der Waals surface area (Å²) < 4.78 is 1.68. The number of nitrogens with one attached hydrogen (secondary N) is 2. The number of hydrogen-bond donors (Lipinski definition) is 2. The highest BCUT2D eigenvalue weighted by Gasteiger charge is 2.31. The summed E-state index contributed by atoms with van der Waals surface area (Å²) in [6.45, 7) is 6.97. The summed E-state index contributed by atoms with van der Waals surface area (Å²) in [7, 11) is 0. The molecule has 0 radical (unpaired) electrons. The van der Waals surface area contributed by atoms with Gasteiger partial charge in [-0.15, -0.1) is 5.10 Å². The number of anilines is 1. The molecule has 270 valence electrons. The SMILES string of the molecule is O=C1CCC(c2cccc(N3CCN(C4CCN(C(=O)c5cc6ccc(C7=CCCN(C(=O)CCn8ccnn8)C7)cc6[nH]5)CC4)CC3)c2)C(=O)N1. The number of hydrogen-bond acceptors (Lipinski definition) is 8. The van der Waals surface area contributed by atoms with Crippen LogP contribution in [0.4, 0.5) is 5.69 Å². The van der Waals surface area contributed by atoms with Crippen LogP contribution in [0.2, 0.25) is 0 Å². The number of carbonyl (C=O) groups is 4. The highest BCUT2D eigenvalue weighted by atomic mass is 16.2. The molecule has 1 atom stereocenters. The zero-order chi connectivity index (χ0) is 35.6. The van der Waals surface area contributed by atoms with Crippen molar-refractivity contribution in [3.8, 4) is 0 Å². The van der Waals surface area contributed by atoms with Crippen LogP contribution >= 0.6 is 0 Å². The molecule has 0 spiro atoms. The Morgan fingerprint density at radius 1 is 0.885 bits per heavy atom. The molecular formula is C39H45N9O4. The third-order valence-electron chi connectivity index (χ3n) is 11.2. The number of amides is 4. The predicted octanol–water partition coefficient (Wildman–Crippen LogP) is 3.41. The molecule has 2 N–H and O–H groups in total. The first kappa shape index (κ1) is 33.8. The number of piperidine rings is 2. The van der Waals surface area contributed by atoms with Crippen LogP contribution in [0.1, 0.15) is 66.1 Å². The molecule has 0 saturated carbocycles. The van der Waals surface area contributed by atoms with Gasteiger partial charge in [0.25, 0.3) is 5.91 Å². The number of H-pyrrole nitrogens is 1. The van der Waals surface area contributed by atoms with Crippen LogP contribution in [0.3, 0.4) is 0 Å². The van der Waals surface area contributed by atoms with Gasteiger partial charge in [0.15, 0.2) is 0 Å². The van der Waals surface area contributed by atoms with Crippen LogP contribution in [-0.2, 0) is 20.9 Å². The monoisotopic (exact) mass is 703 g/mol. The Morgan fingerprint density at radius 2 is 1.73 bits per heavy atom. The van der Waals surface area contributed by atoms with E-state index in [-0.39, 0.29) is 29.5 Å². The number of aromatic nitrogens is 4. The van der Waals surface area contributed by atoms with E-state index in [1.54, 1.807) is 17.1 Å². The Hall–Kier alpha value is -5.30. The summed E-state index contributed by atoms with van der Waals surface area (Å²) in [5.74, 6) is -0.522. The van der Waals surface area contributed by atoms with Crippen LogP contribution in [0, 0.1) is 0 Å². The van der Waals surface area contributed by atoms with E-state index < -0.39 is 0 Å². The fraction of sp³-hybridized carbons (Fsp3) is 0.436. The Bertz CT molecular complexity index is 1990. The maximum Gasteiger partial charge on any atom is 0.270 e. The lowest BCUT2D eigenvalue weighted by atomic mass is 9.90. The molecule has 8 rings (SSSR count). The number of aryl methyl sites for hydroxylation is 1. The second-order valence-corrected chi connectivity index (χ2v) is 14.4. The van der Waals surface area contributed by atoms with Crippen molar-refractivity contribution in [3.05, 3.63) is 83.8 Å². The number of rotatable bonds is 8. The standard InChI is InChI=1S/C39H45N9O4/c49-36-9-8-33(38(51)42-36)28-3-1-5-32(23-28)45-21-19-44(20-22-45)31-10-15-46(16-11-31)39(52)35-25-29-7-6-27(24-34(29)41-35)30-4-2-14-47(26-30)37(50)12-17-48-18-13-40-43-48/h1,3-7,13,18,23-25,31,33,41H,2,8-12,14-17,19-22,26H2,(H,42,49,51). The molecule has 3 fully saturated rings. The highest BCUT2D eigenvalue weighted by Crippen LogP contribution is 2.30. The van der Waals surface area contributed by atoms with Gasteiger partial charge in [-0.2, -0.15) is 0 Å². The first-order chi connectivity index (χ1) is 25.4. The maximum atomic E-state index is 13.6. The third kappa shape index (κ3) is 7.22. The van der Waals surface area contributed by atoms with Crippen molar-refractivity contribution in [1.29, 1.82) is 0 Å². The van der Waals surface area contributed by atoms with Gasteiger partial charge >= 0.3 is 0 Å². The van der Waals surface area contributed by atoms with Crippen LogP contribution in [0.15, 0.2) is 67.0 Å². The number of piperazine rings is 1. The van der Waals surface area contributed by atoms with Crippen molar-refractivity contribution in [2.24, 2.45) is 0 Å². The van der Waals surface area contributed by atoms with Gasteiger partial charge in [-0.25, -0.2) is 0 Å². The number of fused-ring (bicyclic) bond motifs is 1. The summed E-state index contributed by atoms with van der Waals surface area (Å²) >= 11 is 0. The Morgan fingerprint density at radius 3 is 2.52 bits per heavy atom. The van der Waals surface area contributed by atoms with E-state index in [0.29, 0.717) is 50.6 Å².